The van der Waals surface area contributed by atoms with Crippen LogP contribution in [0.2, 0.25) is 0 Å². The standard InChI is InChI=1S/C17H17NO2S/c1-18(12-19)15-7-3-5-9-17(15)21-11-13-10-20-16-8-4-2-6-14(13)16/h2-9,12-13H,10-11H2,1H3. The Morgan fingerprint density at radius 1 is 1.24 bits per heavy atom. The van der Waals surface area contributed by atoms with Gasteiger partial charge in [-0.25, -0.2) is 0 Å². The minimum absolute atomic E-state index is 0.404. The lowest BCUT2D eigenvalue weighted by Gasteiger charge is -2.16. The van der Waals surface area contributed by atoms with Gasteiger partial charge in [-0.2, -0.15) is 0 Å². The number of nitrogens with zero attached hydrogens (tertiary/aromatic N) is 1. The molecule has 3 nitrogen and oxygen atoms in total. The molecule has 1 unspecified atom stereocenters. The van der Waals surface area contributed by atoms with E-state index in [9.17, 15) is 4.79 Å². The summed E-state index contributed by atoms with van der Waals surface area (Å²) in [4.78, 5) is 13.7. The Labute approximate surface area is 128 Å². The van der Waals surface area contributed by atoms with E-state index in [4.69, 9.17) is 4.74 Å². The number of carbonyl (C=O) groups is 1. The molecule has 1 aliphatic heterocycles. The third kappa shape index (κ3) is 2.90. The van der Waals surface area contributed by atoms with Crippen molar-refractivity contribution in [3.05, 3.63) is 54.1 Å². The maximum atomic E-state index is 11.0. The fourth-order valence-corrected chi connectivity index (χ4v) is 3.68. The summed E-state index contributed by atoms with van der Waals surface area (Å²) in [5.41, 5.74) is 2.23. The smallest absolute Gasteiger partial charge is 0.213 e. The Balaban J connectivity index is 1.73. The molecule has 0 saturated heterocycles. The van der Waals surface area contributed by atoms with Crippen molar-refractivity contribution in [2.24, 2.45) is 0 Å². The van der Waals surface area contributed by atoms with Gasteiger partial charge in [0, 0.05) is 29.2 Å². The number of para-hydroxylation sites is 2. The first-order valence-electron chi connectivity index (χ1n) is 6.91. The van der Waals surface area contributed by atoms with Crippen LogP contribution in [0.1, 0.15) is 11.5 Å². The van der Waals surface area contributed by atoms with Crippen molar-refractivity contribution in [3.8, 4) is 5.75 Å². The summed E-state index contributed by atoms with van der Waals surface area (Å²) >= 11 is 1.77. The predicted molar refractivity (Wildman–Crippen MR) is 86.3 cm³/mol. The van der Waals surface area contributed by atoms with Gasteiger partial charge in [0.15, 0.2) is 0 Å². The number of rotatable bonds is 5. The molecule has 1 atom stereocenters. The van der Waals surface area contributed by atoms with Crippen molar-refractivity contribution in [1.29, 1.82) is 0 Å². The average molecular weight is 299 g/mol. The topological polar surface area (TPSA) is 29.5 Å². The summed E-state index contributed by atoms with van der Waals surface area (Å²) in [6.07, 6.45) is 0.841. The van der Waals surface area contributed by atoms with Crippen LogP contribution in [0.25, 0.3) is 0 Å². The molecule has 108 valence electrons. The Morgan fingerprint density at radius 2 is 2.00 bits per heavy atom. The van der Waals surface area contributed by atoms with Crippen LogP contribution in [0, 0.1) is 0 Å². The molecule has 2 aromatic carbocycles. The van der Waals surface area contributed by atoms with Crippen LogP contribution < -0.4 is 9.64 Å². The first-order valence-corrected chi connectivity index (χ1v) is 7.90. The van der Waals surface area contributed by atoms with Crippen molar-refractivity contribution in [2.45, 2.75) is 10.8 Å². The molecule has 0 N–H and O–H groups in total. The second-order valence-corrected chi connectivity index (χ2v) is 6.10. The maximum absolute atomic E-state index is 11.0. The SMILES string of the molecule is CN(C=O)c1ccccc1SCC1COc2ccccc21. The fraction of sp³-hybridized carbons (Fsp3) is 0.235. The average Bonchev–Trinajstić information content (AvgIpc) is 2.96. The van der Waals surface area contributed by atoms with E-state index in [1.165, 1.54) is 5.56 Å². The molecular formula is C17H17NO2S. The number of fused-ring (bicyclic) bond motifs is 1. The van der Waals surface area contributed by atoms with E-state index in [0.717, 1.165) is 35.1 Å². The maximum Gasteiger partial charge on any atom is 0.213 e. The molecular weight excluding hydrogens is 282 g/mol. The van der Waals surface area contributed by atoms with E-state index >= 15 is 0 Å². The fourth-order valence-electron chi connectivity index (χ4n) is 2.49. The largest absolute Gasteiger partial charge is 0.493 e. The van der Waals surface area contributed by atoms with Gasteiger partial charge in [-0.3, -0.25) is 4.79 Å². The molecule has 0 radical (unpaired) electrons. The zero-order chi connectivity index (χ0) is 14.7. The van der Waals surface area contributed by atoms with Crippen LogP contribution in [-0.4, -0.2) is 25.8 Å². The van der Waals surface area contributed by atoms with Crippen LogP contribution in [0.15, 0.2) is 53.4 Å². The highest BCUT2D eigenvalue weighted by atomic mass is 32.2. The molecule has 0 spiro atoms. The van der Waals surface area contributed by atoms with Gasteiger partial charge in [0.25, 0.3) is 0 Å². The second kappa shape index (κ2) is 6.22. The zero-order valence-electron chi connectivity index (χ0n) is 11.9. The van der Waals surface area contributed by atoms with E-state index < -0.39 is 0 Å². The number of thioether (sulfide) groups is 1. The summed E-state index contributed by atoms with van der Waals surface area (Å²) < 4.78 is 5.72. The van der Waals surface area contributed by atoms with Crippen molar-refractivity contribution >= 4 is 23.9 Å². The second-order valence-electron chi connectivity index (χ2n) is 5.04. The minimum atomic E-state index is 0.404. The normalized spacial score (nSPS) is 16.1. The highest BCUT2D eigenvalue weighted by Crippen LogP contribution is 2.38. The molecule has 0 bridgehead atoms. The minimum Gasteiger partial charge on any atom is -0.493 e. The van der Waals surface area contributed by atoms with Gasteiger partial charge in [-0.05, 0) is 18.2 Å². The number of carbonyl (C=O) groups excluding carboxylic acids is 1. The summed E-state index contributed by atoms with van der Waals surface area (Å²) in [6.45, 7) is 0.734. The van der Waals surface area contributed by atoms with Gasteiger partial charge in [0.1, 0.15) is 5.75 Å². The van der Waals surface area contributed by atoms with Crippen molar-refractivity contribution < 1.29 is 9.53 Å². The third-order valence-corrected chi connectivity index (χ3v) is 4.87. The number of benzene rings is 2. The van der Waals surface area contributed by atoms with E-state index in [1.54, 1.807) is 23.7 Å². The van der Waals surface area contributed by atoms with E-state index in [-0.39, 0.29) is 0 Å². The summed E-state index contributed by atoms with van der Waals surface area (Å²) in [7, 11) is 1.78. The monoisotopic (exact) mass is 299 g/mol. The van der Waals surface area contributed by atoms with E-state index in [0.29, 0.717) is 5.92 Å². The number of hydrogen-bond donors (Lipinski definition) is 0. The molecule has 1 aliphatic rings. The highest BCUT2D eigenvalue weighted by Gasteiger charge is 2.23. The van der Waals surface area contributed by atoms with Gasteiger partial charge in [0.2, 0.25) is 6.41 Å². The van der Waals surface area contributed by atoms with Crippen molar-refractivity contribution in [2.75, 3.05) is 24.3 Å². The van der Waals surface area contributed by atoms with Crippen LogP contribution in [0.4, 0.5) is 5.69 Å². The Morgan fingerprint density at radius 3 is 2.86 bits per heavy atom. The van der Waals surface area contributed by atoms with Gasteiger partial charge in [0.05, 0.1) is 12.3 Å². The van der Waals surface area contributed by atoms with Gasteiger partial charge in [-0.15, -0.1) is 11.8 Å². The van der Waals surface area contributed by atoms with Crippen LogP contribution in [-0.2, 0) is 4.79 Å². The van der Waals surface area contributed by atoms with Gasteiger partial charge < -0.3 is 9.64 Å². The van der Waals surface area contributed by atoms with Crippen LogP contribution in [0.3, 0.4) is 0 Å². The molecule has 21 heavy (non-hydrogen) atoms. The lowest BCUT2D eigenvalue weighted by Crippen LogP contribution is -2.14. The predicted octanol–water partition coefficient (Wildman–Crippen LogP) is 3.55. The Kier molecular flexibility index (Phi) is 4.15. The molecule has 0 saturated carbocycles. The highest BCUT2D eigenvalue weighted by molar-refractivity contribution is 7.99. The van der Waals surface area contributed by atoms with Crippen molar-refractivity contribution in [1.82, 2.24) is 0 Å². The number of amides is 1. The van der Waals surface area contributed by atoms with Gasteiger partial charge >= 0.3 is 0 Å². The summed E-state index contributed by atoms with van der Waals surface area (Å²) in [6, 6.07) is 16.2. The lowest BCUT2D eigenvalue weighted by molar-refractivity contribution is -0.107. The number of hydrogen-bond acceptors (Lipinski definition) is 3. The Bertz CT molecular complexity index is 644. The molecule has 2 aromatic rings. The number of anilines is 1. The van der Waals surface area contributed by atoms with E-state index in [1.807, 2.05) is 30.3 Å². The molecule has 3 rings (SSSR count). The van der Waals surface area contributed by atoms with Crippen molar-refractivity contribution in [3.63, 3.8) is 0 Å². The third-order valence-electron chi connectivity index (χ3n) is 3.64. The lowest BCUT2D eigenvalue weighted by atomic mass is 10.0. The Hall–Kier alpha value is -1.94. The molecule has 0 aromatic heterocycles. The molecule has 0 fully saturated rings. The van der Waals surface area contributed by atoms with Crippen LogP contribution >= 0.6 is 11.8 Å². The molecule has 0 aliphatic carbocycles. The molecule has 1 heterocycles. The van der Waals surface area contributed by atoms with E-state index in [2.05, 4.69) is 18.2 Å². The van der Waals surface area contributed by atoms with Gasteiger partial charge in [-0.1, -0.05) is 30.3 Å². The first-order chi connectivity index (χ1) is 10.3. The van der Waals surface area contributed by atoms with Crippen LogP contribution in [0.5, 0.6) is 5.75 Å². The summed E-state index contributed by atoms with van der Waals surface area (Å²) in [5, 5.41) is 0. The molecule has 4 heteroatoms. The number of ether oxygens (including phenoxy) is 1. The molecule has 1 amide bonds. The quantitative estimate of drug-likeness (QED) is 0.624. The first kappa shape index (κ1) is 14.0. The zero-order valence-corrected chi connectivity index (χ0v) is 12.7. The summed E-state index contributed by atoms with van der Waals surface area (Å²) in [5.74, 6) is 2.35.